The maximum absolute atomic E-state index is 14.0. The van der Waals surface area contributed by atoms with E-state index < -0.39 is 12.1 Å². The molecule has 3 amide bonds. The van der Waals surface area contributed by atoms with Crippen molar-refractivity contribution in [1.82, 2.24) is 20.9 Å². The topological polar surface area (TPSA) is 99.8 Å². The van der Waals surface area contributed by atoms with Crippen LogP contribution in [-0.2, 0) is 14.4 Å². The molecule has 0 aromatic heterocycles. The summed E-state index contributed by atoms with van der Waals surface area (Å²) in [6.07, 6.45) is 6.22. The fourth-order valence-corrected chi connectivity index (χ4v) is 7.80. The van der Waals surface area contributed by atoms with Gasteiger partial charge in [0.2, 0.25) is 17.7 Å². The largest absolute Gasteiger partial charge is 0.493 e. The molecule has 0 bridgehead atoms. The zero-order valence-corrected chi connectivity index (χ0v) is 21.4. The van der Waals surface area contributed by atoms with Gasteiger partial charge in [-0.3, -0.25) is 14.4 Å². The third-order valence-electron chi connectivity index (χ3n) is 8.28. The first-order valence-electron chi connectivity index (χ1n) is 12.9. The predicted octanol–water partition coefficient (Wildman–Crippen LogP) is 2.34. The van der Waals surface area contributed by atoms with Gasteiger partial charge < -0.3 is 25.6 Å². The van der Waals surface area contributed by atoms with Crippen molar-refractivity contribution >= 4 is 29.5 Å². The van der Waals surface area contributed by atoms with E-state index in [0.717, 1.165) is 49.2 Å². The normalized spacial score (nSPS) is 30.1. The Labute approximate surface area is 211 Å². The smallest absolute Gasteiger partial charge is 0.246 e. The number of nitrogens with zero attached hydrogens (tertiary/aromatic N) is 1. The molecule has 190 valence electrons. The van der Waals surface area contributed by atoms with E-state index in [-0.39, 0.29) is 40.6 Å². The van der Waals surface area contributed by atoms with Crippen LogP contribution in [0.5, 0.6) is 5.75 Å². The number of nitrogens with one attached hydrogen (secondary N) is 3. The van der Waals surface area contributed by atoms with Crippen molar-refractivity contribution in [3.05, 3.63) is 29.8 Å². The molecule has 9 heteroatoms. The van der Waals surface area contributed by atoms with E-state index in [9.17, 15) is 14.4 Å². The Morgan fingerprint density at radius 1 is 1.14 bits per heavy atom. The summed E-state index contributed by atoms with van der Waals surface area (Å²) in [5.41, 5.74) is 0.802. The zero-order valence-electron chi connectivity index (χ0n) is 20.5. The van der Waals surface area contributed by atoms with Crippen LogP contribution in [0.4, 0.5) is 0 Å². The number of carbonyl (C=O) groups is 3. The quantitative estimate of drug-likeness (QED) is 0.574. The van der Waals surface area contributed by atoms with Crippen molar-refractivity contribution < 1.29 is 19.1 Å². The van der Waals surface area contributed by atoms with Crippen LogP contribution in [0.15, 0.2) is 24.3 Å². The Morgan fingerprint density at radius 3 is 2.69 bits per heavy atom. The number of ether oxygens (including phenoxy) is 1. The Hall–Kier alpha value is -2.26. The number of amides is 3. The van der Waals surface area contributed by atoms with Crippen molar-refractivity contribution in [3.8, 4) is 5.75 Å². The first kappa shape index (κ1) is 24.4. The van der Waals surface area contributed by atoms with Crippen molar-refractivity contribution in [2.45, 2.75) is 81.4 Å². The summed E-state index contributed by atoms with van der Waals surface area (Å²) in [7, 11) is 1.73. The highest BCUT2D eigenvalue weighted by molar-refractivity contribution is 7.99. The molecule has 1 aliphatic carbocycles. The van der Waals surface area contributed by atoms with Gasteiger partial charge in [0, 0.05) is 17.4 Å². The molecule has 5 rings (SSSR count). The molecule has 1 spiro atoms. The molecule has 4 aliphatic rings. The number of para-hydroxylation sites is 1. The average molecular weight is 501 g/mol. The molecule has 1 saturated carbocycles. The first-order valence-corrected chi connectivity index (χ1v) is 13.9. The summed E-state index contributed by atoms with van der Waals surface area (Å²) in [4.78, 5) is 42.4. The van der Waals surface area contributed by atoms with Crippen LogP contribution in [0, 0.1) is 5.41 Å². The number of likely N-dealkylation sites (N-methyl/N-ethyl adjacent to an activating group) is 1. The van der Waals surface area contributed by atoms with Gasteiger partial charge >= 0.3 is 0 Å². The Balaban J connectivity index is 1.42. The second kappa shape index (κ2) is 10.0. The fourth-order valence-electron chi connectivity index (χ4n) is 6.32. The molecular weight excluding hydrogens is 464 g/mol. The van der Waals surface area contributed by atoms with E-state index in [2.05, 4.69) is 16.0 Å². The standard InChI is InChI=1S/C26H36N4O4S/c1-16(27-2)23(31)29-19-10-14-35-21-15-26(11-5-6-12-26)22(30(21)25(19)33)24(32)28-18-9-13-34-20-8-4-3-7-17(18)20/h3-4,7-8,16,18-19,21-22,27H,5-6,9-15H2,1-2H3,(H,28,32)(H,29,31)/t16?,18-,19+,21+,22-/m1/s1. The first-order chi connectivity index (χ1) is 16.9. The van der Waals surface area contributed by atoms with Gasteiger partial charge in [-0.15, -0.1) is 11.8 Å². The Bertz CT molecular complexity index is 982. The number of carbonyl (C=O) groups excluding carboxylic acids is 3. The van der Waals surface area contributed by atoms with Crippen LogP contribution in [-0.4, -0.2) is 65.5 Å². The number of rotatable bonds is 5. The Kier molecular flexibility index (Phi) is 6.99. The lowest BCUT2D eigenvalue weighted by Gasteiger charge is -2.37. The number of hydrogen-bond donors (Lipinski definition) is 3. The lowest BCUT2D eigenvalue weighted by molar-refractivity contribution is -0.144. The lowest BCUT2D eigenvalue weighted by atomic mass is 9.78. The number of fused-ring (bicyclic) bond motifs is 2. The predicted molar refractivity (Wildman–Crippen MR) is 135 cm³/mol. The minimum atomic E-state index is -0.605. The van der Waals surface area contributed by atoms with Crippen LogP contribution in [0.2, 0.25) is 0 Å². The molecule has 0 radical (unpaired) electrons. The van der Waals surface area contributed by atoms with E-state index in [1.54, 1.807) is 25.7 Å². The number of thioether (sulfide) groups is 1. The molecule has 3 aliphatic heterocycles. The maximum Gasteiger partial charge on any atom is 0.246 e. The average Bonchev–Trinajstić information content (AvgIpc) is 3.43. The van der Waals surface area contributed by atoms with Crippen LogP contribution in [0.1, 0.15) is 63.5 Å². The number of benzene rings is 1. The summed E-state index contributed by atoms with van der Waals surface area (Å²) >= 11 is 1.76. The molecule has 3 fully saturated rings. The molecule has 2 saturated heterocycles. The molecule has 1 aromatic carbocycles. The minimum Gasteiger partial charge on any atom is -0.493 e. The molecule has 3 heterocycles. The van der Waals surface area contributed by atoms with Crippen molar-refractivity contribution in [2.24, 2.45) is 5.41 Å². The second-order valence-electron chi connectivity index (χ2n) is 10.3. The summed E-state index contributed by atoms with van der Waals surface area (Å²) in [5.74, 6) is 1.22. The van der Waals surface area contributed by atoms with E-state index in [4.69, 9.17) is 4.74 Å². The second-order valence-corrected chi connectivity index (χ2v) is 11.6. The summed E-state index contributed by atoms with van der Waals surface area (Å²) in [6, 6.07) is 6.21. The molecule has 35 heavy (non-hydrogen) atoms. The molecule has 5 atom stereocenters. The van der Waals surface area contributed by atoms with E-state index in [1.165, 1.54) is 0 Å². The summed E-state index contributed by atoms with van der Waals surface area (Å²) in [5, 5.41) is 9.17. The van der Waals surface area contributed by atoms with Crippen molar-refractivity contribution in [1.29, 1.82) is 0 Å². The maximum atomic E-state index is 14.0. The van der Waals surface area contributed by atoms with Crippen LogP contribution in [0.3, 0.4) is 0 Å². The molecule has 8 nitrogen and oxygen atoms in total. The van der Waals surface area contributed by atoms with E-state index >= 15 is 0 Å². The van der Waals surface area contributed by atoms with Gasteiger partial charge in [-0.25, -0.2) is 0 Å². The molecule has 1 unspecified atom stereocenters. The SMILES string of the molecule is CNC(C)C(=O)N[C@H]1CCS[C@H]2CC3(CCCC3)[C@@H](C(=O)N[C@@H]3CCOc4ccccc43)N2C1=O. The molecule has 3 N–H and O–H groups in total. The third kappa shape index (κ3) is 4.53. The van der Waals surface area contributed by atoms with Gasteiger partial charge in [0.15, 0.2) is 0 Å². The van der Waals surface area contributed by atoms with E-state index in [0.29, 0.717) is 19.4 Å². The molecular formula is C26H36N4O4S. The van der Waals surface area contributed by atoms with Gasteiger partial charge in [0.05, 0.1) is 24.1 Å². The van der Waals surface area contributed by atoms with Gasteiger partial charge in [0.25, 0.3) is 0 Å². The van der Waals surface area contributed by atoms with E-state index in [1.807, 2.05) is 29.2 Å². The zero-order chi connectivity index (χ0) is 24.6. The monoisotopic (exact) mass is 500 g/mol. The highest BCUT2D eigenvalue weighted by atomic mass is 32.2. The van der Waals surface area contributed by atoms with Gasteiger partial charge in [-0.1, -0.05) is 31.0 Å². The minimum absolute atomic E-state index is 0.0260. The van der Waals surface area contributed by atoms with Gasteiger partial charge in [-0.2, -0.15) is 0 Å². The highest BCUT2D eigenvalue weighted by Gasteiger charge is 2.59. The Morgan fingerprint density at radius 2 is 1.91 bits per heavy atom. The fraction of sp³-hybridized carbons (Fsp3) is 0.654. The van der Waals surface area contributed by atoms with Crippen LogP contribution < -0.4 is 20.7 Å². The van der Waals surface area contributed by atoms with Crippen LogP contribution in [0.25, 0.3) is 0 Å². The van der Waals surface area contributed by atoms with Crippen molar-refractivity contribution in [3.63, 3.8) is 0 Å². The van der Waals surface area contributed by atoms with Crippen LogP contribution >= 0.6 is 11.8 Å². The summed E-state index contributed by atoms with van der Waals surface area (Å²) < 4.78 is 5.79. The number of hydrogen-bond acceptors (Lipinski definition) is 6. The van der Waals surface area contributed by atoms with Gasteiger partial charge in [0.1, 0.15) is 17.8 Å². The summed E-state index contributed by atoms with van der Waals surface area (Å²) in [6.45, 7) is 2.33. The highest BCUT2D eigenvalue weighted by Crippen LogP contribution is 2.55. The van der Waals surface area contributed by atoms with Gasteiger partial charge in [-0.05, 0) is 51.5 Å². The lowest BCUT2D eigenvalue weighted by Crippen LogP contribution is -2.58. The molecule has 1 aromatic rings. The van der Waals surface area contributed by atoms with Crippen molar-refractivity contribution in [2.75, 3.05) is 19.4 Å². The third-order valence-corrected chi connectivity index (χ3v) is 9.53.